The lowest BCUT2D eigenvalue weighted by molar-refractivity contribution is 0.0950. The molecule has 0 fully saturated rings. The van der Waals surface area contributed by atoms with E-state index < -0.39 is 0 Å². The average molecular weight is 414 g/mol. The molecule has 0 radical (unpaired) electrons. The Morgan fingerprint density at radius 2 is 1.68 bits per heavy atom. The molecule has 0 bridgehead atoms. The standard InChI is InChI=1S/C24H22N4O3/c1-16-21(17(2)28(27-16)20-7-4-3-5-8-20)15-25-23(29)18-10-12-19(13-11-18)26-24(30)22-9-6-14-31-22/h3-14H,15H2,1-2H3,(H,25,29)(H,26,30). The van der Waals surface area contributed by atoms with Crippen LogP contribution in [0.3, 0.4) is 0 Å². The van der Waals surface area contributed by atoms with Crippen molar-refractivity contribution >= 4 is 17.5 Å². The maximum atomic E-state index is 12.6. The van der Waals surface area contributed by atoms with Crippen molar-refractivity contribution in [3.8, 4) is 5.69 Å². The summed E-state index contributed by atoms with van der Waals surface area (Å²) in [5, 5.41) is 10.3. The van der Waals surface area contributed by atoms with E-state index in [-0.39, 0.29) is 17.6 Å². The van der Waals surface area contributed by atoms with E-state index in [1.807, 2.05) is 48.9 Å². The van der Waals surface area contributed by atoms with Gasteiger partial charge in [0.15, 0.2) is 5.76 Å². The topological polar surface area (TPSA) is 89.2 Å². The van der Waals surface area contributed by atoms with Crippen LogP contribution >= 0.6 is 0 Å². The number of amides is 2. The molecule has 0 aliphatic carbocycles. The van der Waals surface area contributed by atoms with Gasteiger partial charge < -0.3 is 15.1 Å². The lowest BCUT2D eigenvalue weighted by Gasteiger charge is -2.08. The Kier molecular flexibility index (Phi) is 5.66. The molecular formula is C24H22N4O3. The number of para-hydroxylation sites is 1. The number of carbonyl (C=O) groups excluding carboxylic acids is 2. The second-order valence-electron chi connectivity index (χ2n) is 7.09. The van der Waals surface area contributed by atoms with Gasteiger partial charge in [0.05, 0.1) is 17.6 Å². The number of carbonyl (C=O) groups is 2. The highest BCUT2D eigenvalue weighted by Gasteiger charge is 2.15. The minimum Gasteiger partial charge on any atom is -0.459 e. The summed E-state index contributed by atoms with van der Waals surface area (Å²) >= 11 is 0. The zero-order valence-corrected chi connectivity index (χ0v) is 17.3. The molecule has 0 saturated carbocycles. The molecular weight excluding hydrogens is 392 g/mol. The highest BCUT2D eigenvalue weighted by Crippen LogP contribution is 2.18. The number of aryl methyl sites for hydroxylation is 1. The predicted octanol–water partition coefficient (Wildman–Crippen LogP) is 4.26. The van der Waals surface area contributed by atoms with Crippen molar-refractivity contribution in [3.63, 3.8) is 0 Å². The minimum absolute atomic E-state index is 0.199. The van der Waals surface area contributed by atoms with Gasteiger partial charge in [0, 0.05) is 29.1 Å². The maximum Gasteiger partial charge on any atom is 0.291 e. The monoisotopic (exact) mass is 414 g/mol. The Morgan fingerprint density at radius 1 is 0.935 bits per heavy atom. The molecule has 2 heterocycles. The lowest BCUT2D eigenvalue weighted by atomic mass is 10.1. The normalized spacial score (nSPS) is 10.6. The van der Waals surface area contributed by atoms with E-state index in [9.17, 15) is 9.59 Å². The van der Waals surface area contributed by atoms with Crippen LogP contribution in [0.4, 0.5) is 5.69 Å². The molecule has 31 heavy (non-hydrogen) atoms. The van der Waals surface area contributed by atoms with E-state index >= 15 is 0 Å². The number of hydrogen-bond acceptors (Lipinski definition) is 4. The van der Waals surface area contributed by atoms with Crippen LogP contribution in [-0.2, 0) is 6.54 Å². The molecule has 2 aromatic heterocycles. The van der Waals surface area contributed by atoms with Gasteiger partial charge in [-0.05, 0) is 62.4 Å². The molecule has 4 aromatic rings. The maximum absolute atomic E-state index is 12.6. The van der Waals surface area contributed by atoms with E-state index in [4.69, 9.17) is 4.42 Å². The molecule has 0 aliphatic heterocycles. The fourth-order valence-electron chi connectivity index (χ4n) is 3.33. The SMILES string of the molecule is Cc1nn(-c2ccccc2)c(C)c1CNC(=O)c1ccc(NC(=O)c2ccco2)cc1. The van der Waals surface area contributed by atoms with Crippen molar-refractivity contribution in [2.45, 2.75) is 20.4 Å². The minimum atomic E-state index is -0.344. The van der Waals surface area contributed by atoms with Gasteiger partial charge in [-0.1, -0.05) is 18.2 Å². The summed E-state index contributed by atoms with van der Waals surface area (Å²) in [6.45, 7) is 4.30. The van der Waals surface area contributed by atoms with Gasteiger partial charge in [0.2, 0.25) is 0 Å². The van der Waals surface area contributed by atoms with E-state index in [1.54, 1.807) is 36.4 Å². The van der Waals surface area contributed by atoms with Crippen LogP contribution < -0.4 is 10.6 Å². The Labute approximate surface area is 179 Å². The van der Waals surface area contributed by atoms with E-state index in [0.29, 0.717) is 17.8 Å². The Balaban J connectivity index is 1.40. The van der Waals surface area contributed by atoms with Crippen molar-refractivity contribution in [1.29, 1.82) is 0 Å². The van der Waals surface area contributed by atoms with Gasteiger partial charge in [-0.3, -0.25) is 9.59 Å². The first-order valence-corrected chi connectivity index (χ1v) is 9.86. The zero-order valence-electron chi connectivity index (χ0n) is 17.3. The van der Waals surface area contributed by atoms with Gasteiger partial charge in [-0.25, -0.2) is 4.68 Å². The van der Waals surface area contributed by atoms with Crippen LogP contribution in [0.25, 0.3) is 5.69 Å². The third-order valence-corrected chi connectivity index (χ3v) is 5.02. The number of hydrogen-bond donors (Lipinski definition) is 2. The second-order valence-corrected chi connectivity index (χ2v) is 7.09. The third kappa shape index (κ3) is 4.40. The van der Waals surface area contributed by atoms with E-state index in [2.05, 4.69) is 15.7 Å². The number of furan rings is 1. The van der Waals surface area contributed by atoms with Gasteiger partial charge in [0.25, 0.3) is 11.8 Å². The number of rotatable bonds is 6. The van der Waals surface area contributed by atoms with Crippen LogP contribution in [0.1, 0.15) is 37.9 Å². The molecule has 7 heteroatoms. The molecule has 2 amide bonds. The first kappa shape index (κ1) is 20.2. The van der Waals surface area contributed by atoms with Crippen LogP contribution in [-0.4, -0.2) is 21.6 Å². The molecule has 0 atom stereocenters. The highest BCUT2D eigenvalue weighted by atomic mass is 16.3. The summed E-state index contributed by atoms with van der Waals surface area (Å²) in [4.78, 5) is 24.6. The number of anilines is 1. The highest BCUT2D eigenvalue weighted by molar-refractivity contribution is 6.02. The third-order valence-electron chi connectivity index (χ3n) is 5.02. The molecule has 7 nitrogen and oxygen atoms in total. The molecule has 4 rings (SSSR count). The van der Waals surface area contributed by atoms with Crippen LogP contribution in [0.5, 0.6) is 0 Å². The molecule has 2 N–H and O–H groups in total. The Bertz CT molecular complexity index is 1190. The van der Waals surface area contributed by atoms with E-state index in [0.717, 1.165) is 22.6 Å². The van der Waals surface area contributed by atoms with Crippen molar-refractivity contribution in [2.75, 3.05) is 5.32 Å². The molecule has 0 spiro atoms. The molecule has 0 unspecified atom stereocenters. The first-order valence-electron chi connectivity index (χ1n) is 9.86. The number of benzene rings is 2. The predicted molar refractivity (Wildman–Crippen MR) is 117 cm³/mol. The summed E-state index contributed by atoms with van der Waals surface area (Å²) in [7, 11) is 0. The molecule has 0 saturated heterocycles. The van der Waals surface area contributed by atoms with Crippen LogP contribution in [0.15, 0.2) is 77.4 Å². The average Bonchev–Trinajstić information content (AvgIpc) is 3.42. The van der Waals surface area contributed by atoms with Gasteiger partial charge in [0.1, 0.15) is 0 Å². The van der Waals surface area contributed by atoms with Crippen molar-refractivity contribution in [2.24, 2.45) is 0 Å². The number of nitrogens with one attached hydrogen (secondary N) is 2. The second kappa shape index (κ2) is 8.71. The fraction of sp³-hybridized carbons (Fsp3) is 0.125. The largest absolute Gasteiger partial charge is 0.459 e. The molecule has 156 valence electrons. The van der Waals surface area contributed by atoms with Crippen molar-refractivity contribution < 1.29 is 14.0 Å². The van der Waals surface area contributed by atoms with Gasteiger partial charge in [-0.2, -0.15) is 5.10 Å². The fourth-order valence-corrected chi connectivity index (χ4v) is 3.33. The van der Waals surface area contributed by atoms with E-state index in [1.165, 1.54) is 6.26 Å². The molecule has 2 aromatic carbocycles. The summed E-state index contributed by atoms with van der Waals surface area (Å²) < 4.78 is 6.95. The van der Waals surface area contributed by atoms with Crippen molar-refractivity contribution in [3.05, 3.63) is 101 Å². The number of nitrogens with zero attached hydrogens (tertiary/aromatic N) is 2. The van der Waals surface area contributed by atoms with Crippen LogP contribution in [0.2, 0.25) is 0 Å². The summed E-state index contributed by atoms with van der Waals surface area (Å²) in [6.07, 6.45) is 1.44. The smallest absolute Gasteiger partial charge is 0.291 e. The quantitative estimate of drug-likeness (QED) is 0.493. The van der Waals surface area contributed by atoms with Gasteiger partial charge in [-0.15, -0.1) is 0 Å². The lowest BCUT2D eigenvalue weighted by Crippen LogP contribution is -2.23. The Hall–Kier alpha value is -4.13. The zero-order chi connectivity index (χ0) is 21.8. The summed E-state index contributed by atoms with van der Waals surface area (Å²) in [5.74, 6) is -0.317. The Morgan fingerprint density at radius 3 is 2.35 bits per heavy atom. The summed E-state index contributed by atoms with van der Waals surface area (Å²) in [6, 6.07) is 19.8. The van der Waals surface area contributed by atoms with Gasteiger partial charge >= 0.3 is 0 Å². The first-order chi connectivity index (χ1) is 15.0. The number of aromatic nitrogens is 2. The molecule has 0 aliphatic rings. The van der Waals surface area contributed by atoms with Crippen LogP contribution in [0, 0.1) is 13.8 Å². The summed E-state index contributed by atoms with van der Waals surface area (Å²) in [5.41, 5.74) is 4.90. The van der Waals surface area contributed by atoms with Crippen molar-refractivity contribution in [1.82, 2.24) is 15.1 Å².